The molecule has 1 saturated heterocycles. The molecule has 19 heavy (non-hydrogen) atoms. The predicted molar refractivity (Wildman–Crippen MR) is 77.0 cm³/mol. The average molecular weight is 264 g/mol. The lowest BCUT2D eigenvalue weighted by molar-refractivity contribution is 0.243. The van der Waals surface area contributed by atoms with Crippen molar-refractivity contribution in [1.82, 2.24) is 10.2 Å². The largest absolute Gasteiger partial charge is 0.497 e. The maximum Gasteiger partial charge on any atom is 0.119 e. The van der Waals surface area contributed by atoms with Crippen LogP contribution in [0.4, 0.5) is 0 Å². The summed E-state index contributed by atoms with van der Waals surface area (Å²) in [5.74, 6) is 1.78. The SMILES string of the molecule is COc1ccc(OCCCN2CCCNCC2)cc1. The normalized spacial score (nSPS) is 16.9. The summed E-state index contributed by atoms with van der Waals surface area (Å²) in [7, 11) is 1.67. The van der Waals surface area contributed by atoms with Crippen molar-refractivity contribution >= 4 is 0 Å². The van der Waals surface area contributed by atoms with Crippen molar-refractivity contribution in [3.8, 4) is 11.5 Å². The van der Waals surface area contributed by atoms with Crippen LogP contribution in [-0.4, -0.2) is 51.3 Å². The lowest BCUT2D eigenvalue weighted by atomic mass is 10.3. The summed E-state index contributed by atoms with van der Waals surface area (Å²) in [5.41, 5.74) is 0. The molecule has 0 amide bonds. The van der Waals surface area contributed by atoms with Gasteiger partial charge in [-0.05, 0) is 50.2 Å². The Hall–Kier alpha value is -1.26. The smallest absolute Gasteiger partial charge is 0.119 e. The number of ether oxygens (including phenoxy) is 2. The fourth-order valence-corrected chi connectivity index (χ4v) is 2.28. The Balaban J connectivity index is 1.62. The van der Waals surface area contributed by atoms with Crippen molar-refractivity contribution in [3.05, 3.63) is 24.3 Å². The number of hydrogen-bond acceptors (Lipinski definition) is 4. The summed E-state index contributed by atoms with van der Waals surface area (Å²) in [6.45, 7) is 6.52. The highest BCUT2D eigenvalue weighted by atomic mass is 16.5. The van der Waals surface area contributed by atoms with E-state index in [-0.39, 0.29) is 0 Å². The number of rotatable bonds is 6. The standard InChI is InChI=1S/C15H24N2O2/c1-18-14-4-6-15(7-5-14)19-13-3-11-17-10-2-8-16-9-12-17/h4-7,16H,2-3,8-13H2,1H3. The monoisotopic (exact) mass is 264 g/mol. The minimum atomic E-state index is 0.774. The summed E-state index contributed by atoms with van der Waals surface area (Å²) in [6, 6.07) is 7.76. The van der Waals surface area contributed by atoms with Gasteiger partial charge in [0.2, 0.25) is 0 Å². The van der Waals surface area contributed by atoms with Gasteiger partial charge in [0.1, 0.15) is 11.5 Å². The fraction of sp³-hybridized carbons (Fsp3) is 0.600. The number of hydrogen-bond donors (Lipinski definition) is 1. The van der Waals surface area contributed by atoms with Gasteiger partial charge in [-0.2, -0.15) is 0 Å². The van der Waals surface area contributed by atoms with Gasteiger partial charge in [0.15, 0.2) is 0 Å². The molecule has 1 N–H and O–H groups in total. The van der Waals surface area contributed by atoms with Crippen LogP contribution in [0.15, 0.2) is 24.3 Å². The van der Waals surface area contributed by atoms with E-state index in [9.17, 15) is 0 Å². The van der Waals surface area contributed by atoms with Crippen LogP contribution in [0, 0.1) is 0 Å². The van der Waals surface area contributed by atoms with E-state index >= 15 is 0 Å². The first-order valence-electron chi connectivity index (χ1n) is 7.08. The Bertz CT molecular complexity index is 346. The Morgan fingerprint density at radius 3 is 2.68 bits per heavy atom. The third-order valence-electron chi connectivity index (χ3n) is 3.38. The van der Waals surface area contributed by atoms with Crippen molar-refractivity contribution in [1.29, 1.82) is 0 Å². The van der Waals surface area contributed by atoms with E-state index < -0.39 is 0 Å². The third kappa shape index (κ3) is 5.09. The number of nitrogens with one attached hydrogen (secondary N) is 1. The van der Waals surface area contributed by atoms with Crippen LogP contribution < -0.4 is 14.8 Å². The predicted octanol–water partition coefficient (Wildman–Crippen LogP) is 1.76. The fourth-order valence-electron chi connectivity index (χ4n) is 2.28. The van der Waals surface area contributed by atoms with Crippen molar-refractivity contribution in [2.75, 3.05) is 46.4 Å². The molecule has 1 fully saturated rings. The zero-order valence-corrected chi connectivity index (χ0v) is 11.7. The zero-order valence-electron chi connectivity index (χ0n) is 11.7. The van der Waals surface area contributed by atoms with Crippen LogP contribution in [-0.2, 0) is 0 Å². The van der Waals surface area contributed by atoms with Crippen molar-refractivity contribution in [2.24, 2.45) is 0 Å². The first-order chi connectivity index (χ1) is 9.38. The van der Waals surface area contributed by atoms with Gasteiger partial charge >= 0.3 is 0 Å². The zero-order chi connectivity index (χ0) is 13.3. The van der Waals surface area contributed by atoms with Gasteiger partial charge in [-0.1, -0.05) is 0 Å². The van der Waals surface area contributed by atoms with Gasteiger partial charge in [0, 0.05) is 19.6 Å². The second-order valence-corrected chi connectivity index (χ2v) is 4.82. The van der Waals surface area contributed by atoms with Gasteiger partial charge < -0.3 is 19.7 Å². The Labute approximate surface area is 115 Å². The molecule has 0 aromatic heterocycles. The van der Waals surface area contributed by atoms with Gasteiger partial charge in [0.05, 0.1) is 13.7 Å². The van der Waals surface area contributed by atoms with E-state index in [1.54, 1.807) is 7.11 Å². The number of methoxy groups -OCH3 is 1. The highest BCUT2D eigenvalue weighted by molar-refractivity contribution is 5.31. The molecule has 0 spiro atoms. The molecule has 0 saturated carbocycles. The average Bonchev–Trinajstić information content (AvgIpc) is 2.73. The van der Waals surface area contributed by atoms with Crippen LogP contribution >= 0.6 is 0 Å². The van der Waals surface area contributed by atoms with Crippen LogP contribution in [0.1, 0.15) is 12.8 Å². The van der Waals surface area contributed by atoms with E-state index in [2.05, 4.69) is 10.2 Å². The van der Waals surface area contributed by atoms with Gasteiger partial charge in [-0.15, -0.1) is 0 Å². The molecule has 0 atom stereocenters. The first kappa shape index (κ1) is 14.2. The van der Waals surface area contributed by atoms with E-state index in [0.717, 1.165) is 50.7 Å². The quantitative estimate of drug-likeness (QED) is 0.794. The second kappa shape index (κ2) is 8.02. The van der Waals surface area contributed by atoms with Crippen molar-refractivity contribution < 1.29 is 9.47 Å². The molecule has 1 aliphatic rings. The van der Waals surface area contributed by atoms with Crippen LogP contribution in [0.5, 0.6) is 11.5 Å². The second-order valence-electron chi connectivity index (χ2n) is 4.82. The lowest BCUT2D eigenvalue weighted by Crippen LogP contribution is -2.29. The number of nitrogens with zero attached hydrogens (tertiary/aromatic N) is 1. The van der Waals surface area contributed by atoms with Crippen LogP contribution in [0.25, 0.3) is 0 Å². The molecule has 4 nitrogen and oxygen atoms in total. The maximum atomic E-state index is 5.73. The maximum absolute atomic E-state index is 5.73. The Morgan fingerprint density at radius 2 is 1.89 bits per heavy atom. The summed E-state index contributed by atoms with van der Waals surface area (Å²) >= 11 is 0. The van der Waals surface area contributed by atoms with Crippen molar-refractivity contribution in [2.45, 2.75) is 12.8 Å². The van der Waals surface area contributed by atoms with Gasteiger partial charge in [0.25, 0.3) is 0 Å². The summed E-state index contributed by atoms with van der Waals surface area (Å²) in [5, 5.41) is 3.42. The molecule has 106 valence electrons. The molecule has 0 aliphatic carbocycles. The topological polar surface area (TPSA) is 33.7 Å². The lowest BCUT2D eigenvalue weighted by Gasteiger charge is -2.19. The summed E-state index contributed by atoms with van der Waals surface area (Å²) in [4.78, 5) is 2.51. The molecule has 0 bridgehead atoms. The number of benzene rings is 1. The highest BCUT2D eigenvalue weighted by Crippen LogP contribution is 2.17. The van der Waals surface area contributed by atoms with E-state index in [1.807, 2.05) is 24.3 Å². The van der Waals surface area contributed by atoms with Crippen molar-refractivity contribution in [3.63, 3.8) is 0 Å². The van der Waals surface area contributed by atoms with Crippen LogP contribution in [0.3, 0.4) is 0 Å². The van der Waals surface area contributed by atoms with Crippen LogP contribution in [0.2, 0.25) is 0 Å². The van der Waals surface area contributed by atoms with E-state index in [0.29, 0.717) is 0 Å². The summed E-state index contributed by atoms with van der Waals surface area (Å²) in [6.07, 6.45) is 2.32. The van der Waals surface area contributed by atoms with Gasteiger partial charge in [-0.25, -0.2) is 0 Å². The summed E-state index contributed by atoms with van der Waals surface area (Å²) < 4.78 is 10.8. The molecule has 1 aromatic carbocycles. The van der Waals surface area contributed by atoms with E-state index in [1.165, 1.54) is 13.0 Å². The Kier molecular flexibility index (Phi) is 5.98. The molecule has 0 unspecified atom stereocenters. The highest BCUT2D eigenvalue weighted by Gasteiger charge is 2.07. The molecular formula is C15H24N2O2. The first-order valence-corrected chi connectivity index (χ1v) is 7.08. The molecule has 1 aromatic rings. The third-order valence-corrected chi connectivity index (χ3v) is 3.38. The van der Waals surface area contributed by atoms with E-state index in [4.69, 9.17) is 9.47 Å². The minimum absolute atomic E-state index is 0.774. The molecule has 1 heterocycles. The minimum Gasteiger partial charge on any atom is -0.497 e. The molecule has 1 aliphatic heterocycles. The molecular weight excluding hydrogens is 240 g/mol. The molecule has 0 radical (unpaired) electrons. The molecule has 2 rings (SSSR count). The van der Waals surface area contributed by atoms with Gasteiger partial charge in [-0.3, -0.25) is 0 Å². The molecule has 4 heteroatoms. The Morgan fingerprint density at radius 1 is 1.11 bits per heavy atom.